The van der Waals surface area contributed by atoms with E-state index in [9.17, 15) is 9.90 Å². The van der Waals surface area contributed by atoms with Crippen LogP contribution in [0, 0.1) is 11.3 Å². The quantitative estimate of drug-likeness (QED) is 0.754. The van der Waals surface area contributed by atoms with Gasteiger partial charge in [0.1, 0.15) is 5.54 Å². The predicted octanol–water partition coefficient (Wildman–Crippen LogP) is 1.57. The van der Waals surface area contributed by atoms with E-state index >= 15 is 0 Å². The van der Waals surface area contributed by atoms with Gasteiger partial charge in [-0.05, 0) is 39.2 Å². The fraction of sp³-hybridized carbons (Fsp3) is 0.875. The molecular weight excluding hydrogens is 266 g/mol. The van der Waals surface area contributed by atoms with E-state index in [0.717, 1.165) is 44.9 Å². The highest BCUT2D eigenvalue weighted by Crippen LogP contribution is 2.31. The van der Waals surface area contributed by atoms with E-state index in [4.69, 9.17) is 5.26 Å². The molecule has 0 aromatic rings. The van der Waals surface area contributed by atoms with Crippen molar-refractivity contribution in [1.29, 1.82) is 5.26 Å². The number of nitriles is 1. The Hall–Kier alpha value is -1.12. The number of likely N-dealkylation sites (N-methyl/N-ethyl adjacent to an activating group) is 1. The van der Waals surface area contributed by atoms with Gasteiger partial charge in [0.05, 0.1) is 18.2 Å². The van der Waals surface area contributed by atoms with Crippen LogP contribution in [0.3, 0.4) is 0 Å². The van der Waals surface area contributed by atoms with Crippen molar-refractivity contribution in [2.45, 2.75) is 68.9 Å². The summed E-state index contributed by atoms with van der Waals surface area (Å²) in [5.74, 6) is -0.115. The maximum atomic E-state index is 12.0. The molecule has 2 rings (SSSR count). The van der Waals surface area contributed by atoms with Gasteiger partial charge in [0, 0.05) is 6.54 Å². The summed E-state index contributed by atoms with van der Waals surface area (Å²) >= 11 is 0. The SMILES string of the molecule is CN(CC(=O)NC1(C#N)CCC1)CC1(O)CCCCCC1. The van der Waals surface area contributed by atoms with Gasteiger partial charge in [-0.1, -0.05) is 25.7 Å². The Morgan fingerprint density at radius 2 is 1.81 bits per heavy atom. The maximum absolute atomic E-state index is 12.0. The van der Waals surface area contributed by atoms with E-state index in [1.165, 1.54) is 12.8 Å². The molecule has 0 saturated heterocycles. The Labute approximate surface area is 127 Å². The lowest BCUT2D eigenvalue weighted by atomic mass is 9.78. The summed E-state index contributed by atoms with van der Waals surface area (Å²) in [7, 11) is 1.86. The molecule has 0 unspecified atom stereocenters. The van der Waals surface area contributed by atoms with E-state index in [2.05, 4.69) is 11.4 Å². The van der Waals surface area contributed by atoms with Crippen LogP contribution in [0.1, 0.15) is 57.8 Å². The van der Waals surface area contributed by atoms with Crippen molar-refractivity contribution in [3.63, 3.8) is 0 Å². The highest BCUT2D eigenvalue weighted by Gasteiger charge is 2.39. The number of carbonyl (C=O) groups is 1. The molecule has 118 valence electrons. The van der Waals surface area contributed by atoms with Crippen LogP contribution in [-0.4, -0.2) is 47.2 Å². The molecular formula is C16H27N3O2. The first kappa shape index (κ1) is 16.3. The van der Waals surface area contributed by atoms with Gasteiger partial charge in [-0.15, -0.1) is 0 Å². The first-order valence-corrected chi connectivity index (χ1v) is 8.10. The molecule has 0 radical (unpaired) electrons. The predicted molar refractivity (Wildman–Crippen MR) is 80.5 cm³/mol. The Morgan fingerprint density at radius 3 is 2.29 bits per heavy atom. The minimum absolute atomic E-state index is 0.115. The lowest BCUT2D eigenvalue weighted by Crippen LogP contribution is -2.55. The van der Waals surface area contributed by atoms with Crippen LogP contribution in [0.25, 0.3) is 0 Å². The van der Waals surface area contributed by atoms with Crippen molar-refractivity contribution < 1.29 is 9.90 Å². The second-order valence-electron chi connectivity index (χ2n) is 6.91. The smallest absolute Gasteiger partial charge is 0.235 e. The minimum atomic E-state index is -0.658. The summed E-state index contributed by atoms with van der Waals surface area (Å²) in [4.78, 5) is 13.9. The Bertz CT molecular complexity index is 404. The highest BCUT2D eigenvalue weighted by atomic mass is 16.3. The second-order valence-corrected chi connectivity index (χ2v) is 6.91. The molecule has 0 atom stereocenters. The van der Waals surface area contributed by atoms with Crippen LogP contribution in [0.4, 0.5) is 0 Å². The molecule has 2 saturated carbocycles. The first-order chi connectivity index (χ1) is 9.97. The molecule has 2 aliphatic rings. The normalized spacial score (nSPS) is 23.7. The molecule has 2 fully saturated rings. The van der Waals surface area contributed by atoms with Gasteiger partial charge in [-0.3, -0.25) is 9.69 Å². The van der Waals surface area contributed by atoms with Gasteiger partial charge < -0.3 is 10.4 Å². The minimum Gasteiger partial charge on any atom is -0.389 e. The zero-order valence-electron chi connectivity index (χ0n) is 13.0. The molecule has 1 amide bonds. The molecule has 0 spiro atoms. The Morgan fingerprint density at radius 1 is 1.19 bits per heavy atom. The number of amides is 1. The van der Waals surface area contributed by atoms with E-state index in [-0.39, 0.29) is 12.5 Å². The van der Waals surface area contributed by atoms with Crippen molar-refractivity contribution in [2.75, 3.05) is 20.1 Å². The van der Waals surface area contributed by atoms with Crippen LogP contribution >= 0.6 is 0 Å². The van der Waals surface area contributed by atoms with Crippen LogP contribution in [0.2, 0.25) is 0 Å². The number of nitrogens with zero attached hydrogens (tertiary/aromatic N) is 2. The van der Waals surface area contributed by atoms with Crippen LogP contribution in [-0.2, 0) is 4.79 Å². The molecule has 0 aromatic heterocycles. The van der Waals surface area contributed by atoms with Crippen molar-refractivity contribution in [2.24, 2.45) is 0 Å². The second kappa shape index (κ2) is 6.76. The lowest BCUT2D eigenvalue weighted by Gasteiger charge is -2.37. The Balaban J connectivity index is 1.79. The van der Waals surface area contributed by atoms with Crippen LogP contribution in [0.15, 0.2) is 0 Å². The number of aliphatic hydroxyl groups is 1. The molecule has 2 aliphatic carbocycles. The zero-order chi connectivity index (χ0) is 15.3. The summed E-state index contributed by atoms with van der Waals surface area (Å²) < 4.78 is 0. The number of carbonyl (C=O) groups excluding carboxylic acids is 1. The standard InChI is InChI=1S/C16H27N3O2/c1-19(13-16(21)9-4-2-3-5-10-16)11-14(20)18-15(12-17)7-6-8-15/h21H,2-11,13H2,1H3,(H,18,20). The lowest BCUT2D eigenvalue weighted by molar-refractivity contribution is -0.124. The third-order valence-electron chi connectivity index (χ3n) is 4.81. The van der Waals surface area contributed by atoms with E-state index in [0.29, 0.717) is 6.54 Å². The summed E-state index contributed by atoms with van der Waals surface area (Å²) in [6.45, 7) is 0.770. The van der Waals surface area contributed by atoms with Gasteiger partial charge in [-0.2, -0.15) is 5.26 Å². The molecule has 2 N–H and O–H groups in total. The van der Waals surface area contributed by atoms with Crippen molar-refractivity contribution in [1.82, 2.24) is 10.2 Å². The van der Waals surface area contributed by atoms with Gasteiger partial charge in [0.2, 0.25) is 5.91 Å². The number of rotatable bonds is 5. The third-order valence-corrected chi connectivity index (χ3v) is 4.81. The van der Waals surface area contributed by atoms with Crippen molar-refractivity contribution in [3.05, 3.63) is 0 Å². The first-order valence-electron chi connectivity index (χ1n) is 8.10. The molecule has 0 aromatic carbocycles. The molecule has 0 heterocycles. The number of hydrogen-bond donors (Lipinski definition) is 2. The topological polar surface area (TPSA) is 76.4 Å². The van der Waals surface area contributed by atoms with Gasteiger partial charge in [0.15, 0.2) is 0 Å². The van der Waals surface area contributed by atoms with Crippen LogP contribution < -0.4 is 5.32 Å². The van der Waals surface area contributed by atoms with E-state index in [1.54, 1.807) is 0 Å². The third kappa shape index (κ3) is 4.42. The fourth-order valence-corrected chi connectivity index (χ4v) is 3.45. The molecule has 0 bridgehead atoms. The molecule has 0 aliphatic heterocycles. The van der Waals surface area contributed by atoms with E-state index < -0.39 is 11.1 Å². The number of nitrogens with one attached hydrogen (secondary N) is 1. The summed E-state index contributed by atoms with van der Waals surface area (Å²) in [6, 6.07) is 2.22. The fourth-order valence-electron chi connectivity index (χ4n) is 3.45. The Kier molecular flexibility index (Phi) is 5.23. The monoisotopic (exact) mass is 293 g/mol. The molecule has 21 heavy (non-hydrogen) atoms. The zero-order valence-corrected chi connectivity index (χ0v) is 13.0. The summed E-state index contributed by atoms with van der Waals surface area (Å²) in [5.41, 5.74) is -1.29. The largest absolute Gasteiger partial charge is 0.389 e. The average molecular weight is 293 g/mol. The summed E-state index contributed by atoms with van der Waals surface area (Å²) in [6.07, 6.45) is 8.66. The molecule has 5 heteroatoms. The van der Waals surface area contributed by atoms with Crippen molar-refractivity contribution in [3.8, 4) is 6.07 Å². The number of hydrogen-bond acceptors (Lipinski definition) is 4. The maximum Gasteiger partial charge on any atom is 0.235 e. The van der Waals surface area contributed by atoms with Gasteiger partial charge in [-0.25, -0.2) is 0 Å². The van der Waals surface area contributed by atoms with Crippen molar-refractivity contribution >= 4 is 5.91 Å². The van der Waals surface area contributed by atoms with Gasteiger partial charge in [0.25, 0.3) is 0 Å². The average Bonchev–Trinajstić information content (AvgIpc) is 2.58. The van der Waals surface area contributed by atoms with Gasteiger partial charge >= 0.3 is 0 Å². The van der Waals surface area contributed by atoms with E-state index in [1.807, 2.05) is 11.9 Å². The van der Waals surface area contributed by atoms with Crippen LogP contribution in [0.5, 0.6) is 0 Å². The summed E-state index contributed by atoms with van der Waals surface area (Å²) in [5, 5.41) is 22.6. The highest BCUT2D eigenvalue weighted by molar-refractivity contribution is 5.79. The molecule has 5 nitrogen and oxygen atoms in total.